The molecule has 0 fully saturated rings. The SMILES string of the molecule is C=Cc1nc(Br)cn1CCCN. The van der Waals surface area contributed by atoms with E-state index in [-0.39, 0.29) is 0 Å². The number of hydrogen-bond donors (Lipinski definition) is 1. The van der Waals surface area contributed by atoms with Gasteiger partial charge in [-0.25, -0.2) is 4.98 Å². The van der Waals surface area contributed by atoms with Crippen LogP contribution in [0.15, 0.2) is 17.4 Å². The van der Waals surface area contributed by atoms with Crippen LogP contribution in [-0.2, 0) is 6.54 Å². The predicted molar refractivity (Wildman–Crippen MR) is 53.7 cm³/mol. The van der Waals surface area contributed by atoms with Crippen molar-refractivity contribution in [2.75, 3.05) is 6.54 Å². The topological polar surface area (TPSA) is 43.8 Å². The molecule has 0 aromatic carbocycles. The van der Waals surface area contributed by atoms with Gasteiger partial charge in [0, 0.05) is 12.7 Å². The maximum atomic E-state index is 5.40. The van der Waals surface area contributed by atoms with Crippen LogP contribution >= 0.6 is 15.9 Å². The molecule has 1 heterocycles. The minimum atomic E-state index is 0.701. The Hall–Kier alpha value is -0.610. The zero-order valence-corrected chi connectivity index (χ0v) is 8.42. The minimum absolute atomic E-state index is 0.701. The fourth-order valence-electron chi connectivity index (χ4n) is 1.00. The smallest absolute Gasteiger partial charge is 0.133 e. The van der Waals surface area contributed by atoms with E-state index >= 15 is 0 Å². The lowest BCUT2D eigenvalue weighted by atomic mass is 10.4. The van der Waals surface area contributed by atoms with Crippen molar-refractivity contribution >= 4 is 22.0 Å². The van der Waals surface area contributed by atoms with Gasteiger partial charge in [-0.15, -0.1) is 0 Å². The van der Waals surface area contributed by atoms with Gasteiger partial charge in [0.15, 0.2) is 0 Å². The molecule has 0 aliphatic rings. The van der Waals surface area contributed by atoms with Crippen molar-refractivity contribution in [1.29, 1.82) is 0 Å². The Bertz CT molecular complexity index is 267. The van der Waals surface area contributed by atoms with E-state index in [0.29, 0.717) is 6.54 Å². The van der Waals surface area contributed by atoms with Crippen LogP contribution in [0.3, 0.4) is 0 Å². The molecule has 2 N–H and O–H groups in total. The van der Waals surface area contributed by atoms with Crippen LogP contribution in [0.1, 0.15) is 12.2 Å². The van der Waals surface area contributed by atoms with Crippen molar-refractivity contribution in [1.82, 2.24) is 9.55 Å². The first-order valence-corrected chi connectivity index (χ1v) is 4.62. The molecule has 0 amide bonds. The number of halogens is 1. The molecule has 66 valence electrons. The highest BCUT2D eigenvalue weighted by Gasteiger charge is 2.00. The average Bonchev–Trinajstić information content (AvgIpc) is 2.42. The summed E-state index contributed by atoms with van der Waals surface area (Å²) in [6.07, 6.45) is 4.64. The molecular formula is C8H12BrN3. The van der Waals surface area contributed by atoms with Gasteiger partial charge in [-0.3, -0.25) is 0 Å². The Labute approximate surface area is 80.4 Å². The highest BCUT2D eigenvalue weighted by molar-refractivity contribution is 9.10. The van der Waals surface area contributed by atoms with Gasteiger partial charge in [-0.2, -0.15) is 0 Å². The van der Waals surface area contributed by atoms with Crippen LogP contribution in [0.4, 0.5) is 0 Å². The van der Waals surface area contributed by atoms with Crippen LogP contribution in [-0.4, -0.2) is 16.1 Å². The summed E-state index contributed by atoms with van der Waals surface area (Å²) in [4.78, 5) is 4.20. The summed E-state index contributed by atoms with van der Waals surface area (Å²) in [7, 11) is 0. The third kappa shape index (κ3) is 2.19. The van der Waals surface area contributed by atoms with E-state index in [1.165, 1.54) is 0 Å². The standard InChI is InChI=1S/C8H12BrN3/c1-2-8-11-7(9)6-12(8)5-3-4-10/h2,6H,1,3-5,10H2. The maximum Gasteiger partial charge on any atom is 0.133 e. The van der Waals surface area contributed by atoms with Crippen molar-refractivity contribution in [3.05, 3.63) is 23.2 Å². The molecule has 12 heavy (non-hydrogen) atoms. The minimum Gasteiger partial charge on any atom is -0.330 e. The largest absolute Gasteiger partial charge is 0.330 e. The highest BCUT2D eigenvalue weighted by atomic mass is 79.9. The molecule has 0 bridgehead atoms. The van der Waals surface area contributed by atoms with Crippen LogP contribution < -0.4 is 5.73 Å². The van der Waals surface area contributed by atoms with E-state index in [0.717, 1.165) is 23.4 Å². The maximum absolute atomic E-state index is 5.40. The summed E-state index contributed by atoms with van der Waals surface area (Å²) < 4.78 is 2.87. The van der Waals surface area contributed by atoms with Crippen molar-refractivity contribution in [2.24, 2.45) is 5.73 Å². The number of imidazole rings is 1. The van der Waals surface area contributed by atoms with Gasteiger partial charge in [0.05, 0.1) is 0 Å². The lowest BCUT2D eigenvalue weighted by molar-refractivity contribution is 0.645. The fraction of sp³-hybridized carbons (Fsp3) is 0.375. The number of rotatable bonds is 4. The molecule has 0 aliphatic heterocycles. The summed E-state index contributed by atoms with van der Waals surface area (Å²) in [6.45, 7) is 5.28. The first kappa shape index (κ1) is 9.48. The average molecular weight is 230 g/mol. The first-order chi connectivity index (χ1) is 5.77. The van der Waals surface area contributed by atoms with E-state index in [2.05, 4.69) is 27.5 Å². The Morgan fingerprint density at radius 3 is 3.08 bits per heavy atom. The molecule has 0 atom stereocenters. The van der Waals surface area contributed by atoms with Crippen molar-refractivity contribution in [3.8, 4) is 0 Å². The van der Waals surface area contributed by atoms with Crippen LogP contribution in [0.5, 0.6) is 0 Å². The Balaban J connectivity index is 2.74. The Kier molecular flexibility index (Phi) is 3.49. The summed E-state index contributed by atoms with van der Waals surface area (Å²) in [5, 5.41) is 0. The molecule has 1 rings (SSSR count). The molecular weight excluding hydrogens is 218 g/mol. The van der Waals surface area contributed by atoms with E-state index in [9.17, 15) is 0 Å². The number of nitrogens with two attached hydrogens (primary N) is 1. The van der Waals surface area contributed by atoms with Gasteiger partial charge in [-0.1, -0.05) is 6.58 Å². The fourth-order valence-corrected chi connectivity index (χ4v) is 1.43. The molecule has 0 saturated carbocycles. The number of hydrogen-bond acceptors (Lipinski definition) is 2. The molecule has 0 radical (unpaired) electrons. The second-order valence-corrected chi connectivity index (χ2v) is 3.27. The summed E-state index contributed by atoms with van der Waals surface area (Å²) >= 11 is 3.30. The second-order valence-electron chi connectivity index (χ2n) is 2.46. The zero-order valence-electron chi connectivity index (χ0n) is 6.83. The molecule has 0 aliphatic carbocycles. The van der Waals surface area contributed by atoms with Crippen molar-refractivity contribution in [3.63, 3.8) is 0 Å². The van der Waals surface area contributed by atoms with Gasteiger partial charge >= 0.3 is 0 Å². The van der Waals surface area contributed by atoms with Gasteiger partial charge in [0.1, 0.15) is 10.4 Å². The summed E-state index contributed by atoms with van der Waals surface area (Å²) in [6, 6.07) is 0. The van der Waals surface area contributed by atoms with Crippen LogP contribution in [0.2, 0.25) is 0 Å². The number of aromatic nitrogens is 2. The molecule has 0 unspecified atom stereocenters. The lowest BCUT2D eigenvalue weighted by Gasteiger charge is -2.01. The second kappa shape index (κ2) is 4.42. The quantitative estimate of drug-likeness (QED) is 0.854. The van der Waals surface area contributed by atoms with Gasteiger partial charge in [-0.05, 0) is 35.0 Å². The molecule has 3 nitrogen and oxygen atoms in total. The van der Waals surface area contributed by atoms with Crippen molar-refractivity contribution in [2.45, 2.75) is 13.0 Å². The van der Waals surface area contributed by atoms with E-state index in [4.69, 9.17) is 5.73 Å². The third-order valence-electron chi connectivity index (χ3n) is 1.56. The van der Waals surface area contributed by atoms with E-state index in [1.807, 2.05) is 10.8 Å². The number of nitrogens with zero attached hydrogens (tertiary/aromatic N) is 2. The summed E-state index contributed by atoms with van der Waals surface area (Å²) in [5.41, 5.74) is 5.40. The van der Waals surface area contributed by atoms with Crippen LogP contribution in [0.25, 0.3) is 6.08 Å². The predicted octanol–water partition coefficient (Wildman–Crippen LogP) is 1.64. The van der Waals surface area contributed by atoms with Gasteiger partial charge < -0.3 is 10.3 Å². The Morgan fingerprint density at radius 2 is 2.50 bits per heavy atom. The van der Waals surface area contributed by atoms with E-state index < -0.39 is 0 Å². The molecule has 1 aromatic rings. The molecule has 1 aromatic heterocycles. The van der Waals surface area contributed by atoms with Gasteiger partial charge in [0.25, 0.3) is 0 Å². The highest BCUT2D eigenvalue weighted by Crippen LogP contribution is 2.10. The molecule has 0 spiro atoms. The zero-order chi connectivity index (χ0) is 8.97. The van der Waals surface area contributed by atoms with Crippen molar-refractivity contribution < 1.29 is 0 Å². The first-order valence-electron chi connectivity index (χ1n) is 3.83. The lowest BCUT2D eigenvalue weighted by Crippen LogP contribution is -2.06. The summed E-state index contributed by atoms with van der Waals surface area (Å²) in [5.74, 6) is 0.885. The molecule has 4 heteroatoms. The normalized spacial score (nSPS) is 10.2. The Morgan fingerprint density at radius 1 is 1.75 bits per heavy atom. The van der Waals surface area contributed by atoms with E-state index in [1.54, 1.807) is 6.08 Å². The van der Waals surface area contributed by atoms with Gasteiger partial charge in [0.2, 0.25) is 0 Å². The van der Waals surface area contributed by atoms with Crippen LogP contribution in [0, 0.1) is 0 Å². The molecule has 0 saturated heterocycles. The third-order valence-corrected chi connectivity index (χ3v) is 1.95. The monoisotopic (exact) mass is 229 g/mol. The number of aryl methyl sites for hydroxylation is 1.